The Labute approximate surface area is 147 Å². The first-order chi connectivity index (χ1) is 11.8. The van der Waals surface area contributed by atoms with Crippen molar-refractivity contribution in [2.75, 3.05) is 4.90 Å². The molecule has 0 aliphatic carbocycles. The number of nitrogens with zero attached hydrogens (tertiary/aromatic N) is 2. The molecule has 0 atom stereocenters. The highest BCUT2D eigenvalue weighted by molar-refractivity contribution is 6.31. The van der Waals surface area contributed by atoms with Crippen LogP contribution in [0.3, 0.4) is 0 Å². The molecule has 0 amide bonds. The van der Waals surface area contributed by atoms with Crippen molar-refractivity contribution in [3.8, 4) is 0 Å². The van der Waals surface area contributed by atoms with Crippen molar-refractivity contribution in [3.63, 3.8) is 0 Å². The first kappa shape index (κ1) is 16.5. The second kappa shape index (κ2) is 7.95. The summed E-state index contributed by atoms with van der Waals surface area (Å²) in [6.45, 7) is 1.29. The fourth-order valence-electron chi connectivity index (χ4n) is 2.59. The molecule has 1 aromatic heterocycles. The number of aliphatic hydroxyl groups is 1. The summed E-state index contributed by atoms with van der Waals surface area (Å²) in [7, 11) is 0. The van der Waals surface area contributed by atoms with E-state index in [1.807, 2.05) is 42.5 Å². The average Bonchev–Trinajstić information content (AvgIpc) is 2.63. The van der Waals surface area contributed by atoms with Gasteiger partial charge in [-0.25, -0.2) is 4.98 Å². The van der Waals surface area contributed by atoms with Gasteiger partial charge in [0, 0.05) is 13.1 Å². The lowest BCUT2D eigenvalue weighted by molar-refractivity contribution is 0.277. The van der Waals surface area contributed by atoms with Crippen LogP contribution in [0.5, 0.6) is 0 Å². The van der Waals surface area contributed by atoms with Crippen LogP contribution in [0.2, 0.25) is 5.02 Å². The van der Waals surface area contributed by atoms with Gasteiger partial charge in [-0.05, 0) is 23.3 Å². The third-order valence-corrected chi connectivity index (χ3v) is 4.15. The van der Waals surface area contributed by atoms with E-state index in [1.54, 1.807) is 6.07 Å². The summed E-state index contributed by atoms with van der Waals surface area (Å²) in [6.07, 6.45) is 0. The van der Waals surface area contributed by atoms with Crippen molar-refractivity contribution in [2.24, 2.45) is 0 Å². The van der Waals surface area contributed by atoms with Gasteiger partial charge in [-0.1, -0.05) is 72.3 Å². The molecular weight excluding hydrogens is 320 g/mol. The predicted octanol–water partition coefficient (Wildman–Crippen LogP) is 4.43. The minimum atomic E-state index is -0.169. The summed E-state index contributed by atoms with van der Waals surface area (Å²) < 4.78 is 0. The molecular formula is C20H19ClN2O. The second-order valence-electron chi connectivity index (χ2n) is 5.58. The number of rotatable bonds is 6. The Balaban J connectivity index is 1.91. The van der Waals surface area contributed by atoms with Gasteiger partial charge >= 0.3 is 0 Å². The normalized spacial score (nSPS) is 10.6. The fourth-order valence-corrected chi connectivity index (χ4v) is 2.75. The molecule has 0 unspecified atom stereocenters. The molecule has 0 spiro atoms. The average molecular weight is 339 g/mol. The van der Waals surface area contributed by atoms with Gasteiger partial charge in [0.2, 0.25) is 0 Å². The van der Waals surface area contributed by atoms with Crippen LogP contribution in [0, 0.1) is 0 Å². The highest BCUT2D eigenvalue weighted by atomic mass is 35.5. The van der Waals surface area contributed by atoms with Gasteiger partial charge in [0.25, 0.3) is 0 Å². The van der Waals surface area contributed by atoms with Crippen LogP contribution in [0.25, 0.3) is 0 Å². The summed E-state index contributed by atoms with van der Waals surface area (Å²) in [5.74, 6) is 0.802. The van der Waals surface area contributed by atoms with Crippen LogP contribution in [0.1, 0.15) is 16.8 Å². The van der Waals surface area contributed by atoms with Gasteiger partial charge in [-0.2, -0.15) is 0 Å². The lowest BCUT2D eigenvalue weighted by Gasteiger charge is -2.25. The SMILES string of the molecule is OCc1nc(N(Cc2ccccc2)Cc2ccccc2)ccc1Cl. The molecule has 0 radical (unpaired) electrons. The minimum absolute atomic E-state index is 0.169. The maximum absolute atomic E-state index is 9.44. The van der Waals surface area contributed by atoms with E-state index in [4.69, 9.17) is 11.6 Å². The summed E-state index contributed by atoms with van der Waals surface area (Å²) in [4.78, 5) is 6.71. The molecule has 24 heavy (non-hydrogen) atoms. The zero-order valence-electron chi connectivity index (χ0n) is 13.3. The minimum Gasteiger partial charge on any atom is -0.390 e. The van der Waals surface area contributed by atoms with Crippen LogP contribution < -0.4 is 4.90 Å². The maximum atomic E-state index is 9.44. The topological polar surface area (TPSA) is 36.4 Å². The van der Waals surface area contributed by atoms with Gasteiger partial charge in [0.05, 0.1) is 17.3 Å². The number of halogens is 1. The Kier molecular flexibility index (Phi) is 5.47. The van der Waals surface area contributed by atoms with Crippen LogP contribution in [-0.2, 0) is 19.7 Å². The molecule has 4 heteroatoms. The summed E-state index contributed by atoms with van der Waals surface area (Å²) in [5, 5.41) is 9.93. The molecule has 2 aromatic carbocycles. The largest absolute Gasteiger partial charge is 0.390 e. The molecule has 1 heterocycles. The Morgan fingerprint density at radius 3 is 1.83 bits per heavy atom. The summed E-state index contributed by atoms with van der Waals surface area (Å²) >= 11 is 6.08. The molecule has 0 saturated carbocycles. The molecule has 0 saturated heterocycles. The zero-order chi connectivity index (χ0) is 16.8. The van der Waals surface area contributed by atoms with Crippen LogP contribution in [-0.4, -0.2) is 10.1 Å². The standard InChI is InChI=1S/C20H19ClN2O/c21-18-11-12-20(22-19(18)15-24)23(13-16-7-3-1-4-8-16)14-17-9-5-2-6-10-17/h1-12,24H,13-15H2. The Bertz CT molecular complexity index is 737. The van der Waals surface area contributed by atoms with Gasteiger partial charge in [-0.3, -0.25) is 0 Å². The predicted molar refractivity (Wildman–Crippen MR) is 97.9 cm³/mol. The van der Waals surface area contributed by atoms with E-state index < -0.39 is 0 Å². The first-order valence-electron chi connectivity index (χ1n) is 7.85. The maximum Gasteiger partial charge on any atom is 0.129 e. The van der Waals surface area contributed by atoms with Crippen molar-refractivity contribution < 1.29 is 5.11 Å². The summed E-state index contributed by atoms with van der Waals surface area (Å²) in [6, 6.07) is 24.2. The Morgan fingerprint density at radius 1 is 0.792 bits per heavy atom. The van der Waals surface area contributed by atoms with E-state index in [0.717, 1.165) is 18.9 Å². The van der Waals surface area contributed by atoms with Crippen LogP contribution in [0.15, 0.2) is 72.8 Å². The first-order valence-corrected chi connectivity index (χ1v) is 8.23. The fraction of sp³-hybridized carbons (Fsp3) is 0.150. The molecule has 3 nitrogen and oxygen atoms in total. The van der Waals surface area contributed by atoms with E-state index in [1.165, 1.54) is 11.1 Å². The van der Waals surface area contributed by atoms with Gasteiger partial charge in [-0.15, -0.1) is 0 Å². The van der Waals surface area contributed by atoms with Crippen molar-refractivity contribution >= 4 is 17.4 Å². The lowest BCUT2D eigenvalue weighted by atomic mass is 10.1. The van der Waals surface area contributed by atoms with E-state index >= 15 is 0 Å². The quantitative estimate of drug-likeness (QED) is 0.722. The number of anilines is 1. The van der Waals surface area contributed by atoms with Gasteiger partial charge in [0.1, 0.15) is 5.82 Å². The third-order valence-electron chi connectivity index (χ3n) is 3.81. The molecule has 1 N–H and O–H groups in total. The number of hydrogen-bond acceptors (Lipinski definition) is 3. The number of pyridine rings is 1. The molecule has 0 aliphatic rings. The lowest BCUT2D eigenvalue weighted by Crippen LogP contribution is -2.23. The highest BCUT2D eigenvalue weighted by Crippen LogP contribution is 2.22. The van der Waals surface area contributed by atoms with Crippen molar-refractivity contribution in [2.45, 2.75) is 19.7 Å². The van der Waals surface area contributed by atoms with Gasteiger partial charge in [0.15, 0.2) is 0 Å². The highest BCUT2D eigenvalue weighted by Gasteiger charge is 2.12. The van der Waals surface area contributed by atoms with E-state index in [0.29, 0.717) is 10.7 Å². The number of benzene rings is 2. The molecule has 122 valence electrons. The molecule has 3 aromatic rings. The second-order valence-corrected chi connectivity index (χ2v) is 5.99. The van der Waals surface area contributed by atoms with Crippen LogP contribution >= 0.6 is 11.6 Å². The monoisotopic (exact) mass is 338 g/mol. The molecule has 0 bridgehead atoms. The van der Waals surface area contributed by atoms with E-state index in [9.17, 15) is 5.11 Å². The van der Waals surface area contributed by atoms with E-state index in [-0.39, 0.29) is 6.61 Å². The number of aromatic nitrogens is 1. The third kappa shape index (κ3) is 4.13. The zero-order valence-corrected chi connectivity index (χ0v) is 14.0. The Hall–Kier alpha value is -2.36. The van der Waals surface area contributed by atoms with Crippen molar-refractivity contribution in [3.05, 3.63) is 94.6 Å². The smallest absolute Gasteiger partial charge is 0.129 e. The number of hydrogen-bond donors (Lipinski definition) is 1. The summed E-state index contributed by atoms with van der Waals surface area (Å²) in [5.41, 5.74) is 2.91. The van der Waals surface area contributed by atoms with Crippen molar-refractivity contribution in [1.29, 1.82) is 0 Å². The van der Waals surface area contributed by atoms with Gasteiger partial charge < -0.3 is 10.0 Å². The number of aliphatic hydroxyl groups excluding tert-OH is 1. The molecule has 3 rings (SSSR count). The van der Waals surface area contributed by atoms with Crippen LogP contribution in [0.4, 0.5) is 5.82 Å². The van der Waals surface area contributed by atoms with E-state index in [2.05, 4.69) is 34.1 Å². The molecule has 0 aliphatic heterocycles. The Morgan fingerprint density at radius 2 is 1.33 bits per heavy atom. The van der Waals surface area contributed by atoms with Crippen molar-refractivity contribution in [1.82, 2.24) is 4.98 Å². The molecule has 0 fully saturated rings.